The first kappa shape index (κ1) is 20.9. The lowest BCUT2D eigenvalue weighted by Gasteiger charge is -2.39. The van der Waals surface area contributed by atoms with Gasteiger partial charge in [-0.3, -0.25) is 14.2 Å². The van der Waals surface area contributed by atoms with E-state index < -0.39 is 0 Å². The minimum atomic E-state index is -0.305. The second-order valence-electron chi connectivity index (χ2n) is 8.11. The van der Waals surface area contributed by atoms with Crippen LogP contribution in [0.1, 0.15) is 12.8 Å². The summed E-state index contributed by atoms with van der Waals surface area (Å²) >= 11 is 1.37. The predicted octanol–water partition coefficient (Wildman–Crippen LogP) is 1.84. The molecule has 2 aliphatic heterocycles. The summed E-state index contributed by atoms with van der Waals surface area (Å²) in [5, 5.41) is 0.663. The fourth-order valence-electron chi connectivity index (χ4n) is 4.19. The monoisotopic (exact) mass is 455 g/mol. The van der Waals surface area contributed by atoms with Gasteiger partial charge in [-0.05, 0) is 25.0 Å². The van der Waals surface area contributed by atoms with Crippen molar-refractivity contribution in [1.82, 2.24) is 14.5 Å². The van der Waals surface area contributed by atoms with Gasteiger partial charge in [0.15, 0.2) is 21.3 Å². The molecule has 2 aliphatic rings. The minimum absolute atomic E-state index is 0.00979. The molecular formula is C22H25N5O4S. The number of methoxy groups -OCH3 is 1. The van der Waals surface area contributed by atoms with Crippen molar-refractivity contribution < 1.29 is 14.3 Å². The van der Waals surface area contributed by atoms with Gasteiger partial charge < -0.3 is 19.3 Å². The lowest BCUT2D eigenvalue weighted by molar-refractivity contribution is -0.122. The number of aromatic nitrogens is 3. The Morgan fingerprint density at radius 3 is 2.75 bits per heavy atom. The lowest BCUT2D eigenvalue weighted by atomic mass is 10.1. The highest BCUT2D eigenvalue weighted by Crippen LogP contribution is 2.33. The molecule has 0 aliphatic carbocycles. The maximum absolute atomic E-state index is 13.0. The molecule has 2 saturated heterocycles. The average molecular weight is 456 g/mol. The number of ether oxygens (including phenoxy) is 2. The second kappa shape index (κ2) is 8.51. The van der Waals surface area contributed by atoms with Crippen molar-refractivity contribution in [1.29, 1.82) is 0 Å². The van der Waals surface area contributed by atoms with Crippen molar-refractivity contribution in [2.75, 3.05) is 43.2 Å². The van der Waals surface area contributed by atoms with Crippen molar-refractivity contribution in [3.63, 3.8) is 0 Å². The summed E-state index contributed by atoms with van der Waals surface area (Å²) in [6, 6.07) is 9.02. The van der Waals surface area contributed by atoms with Gasteiger partial charge in [-0.15, -0.1) is 0 Å². The number of ketones is 1. The quantitative estimate of drug-likeness (QED) is 0.533. The largest absolute Gasteiger partial charge is 0.486 e. The second-order valence-corrected chi connectivity index (χ2v) is 9.06. The number of nitrogens with zero attached hydrogens (tertiary/aromatic N) is 5. The molecule has 1 aromatic carbocycles. The zero-order valence-corrected chi connectivity index (χ0v) is 18.9. The highest BCUT2D eigenvalue weighted by molar-refractivity contribution is 7.21. The van der Waals surface area contributed by atoms with E-state index in [0.717, 1.165) is 19.4 Å². The molecule has 3 aromatic rings. The molecule has 9 nitrogen and oxygen atoms in total. The number of benzene rings is 1. The Morgan fingerprint density at radius 1 is 1.22 bits per heavy atom. The van der Waals surface area contributed by atoms with Crippen LogP contribution in [0.15, 0.2) is 35.1 Å². The number of rotatable bonds is 7. The standard InChI is InChI=1S/C22H25N5O4S/c1-25-20(29)18-19(24-21(25)26-11-15(12-26)30-2)32-22(23-18)27-10-6-9-16(27)17(28)13-31-14-7-4-3-5-8-14/h3-5,7-8,15-16H,6,9-13H2,1-2H3. The number of fused-ring (bicyclic) bond motifs is 1. The zero-order valence-electron chi connectivity index (χ0n) is 18.1. The molecule has 10 heteroatoms. The Kier molecular flexibility index (Phi) is 5.56. The number of carbonyl (C=O) groups is 1. The molecular weight excluding hydrogens is 430 g/mol. The van der Waals surface area contributed by atoms with Crippen LogP contribution in [-0.4, -0.2) is 65.8 Å². The third-order valence-electron chi connectivity index (χ3n) is 6.07. The van der Waals surface area contributed by atoms with Crippen molar-refractivity contribution in [2.24, 2.45) is 7.05 Å². The zero-order chi connectivity index (χ0) is 22.2. The van der Waals surface area contributed by atoms with Crippen LogP contribution in [0.25, 0.3) is 10.3 Å². The number of para-hydroxylation sites is 1. The van der Waals surface area contributed by atoms with Gasteiger partial charge in [-0.1, -0.05) is 29.5 Å². The van der Waals surface area contributed by atoms with Gasteiger partial charge in [0.05, 0.1) is 12.1 Å². The van der Waals surface area contributed by atoms with Gasteiger partial charge in [0.1, 0.15) is 12.4 Å². The summed E-state index contributed by atoms with van der Waals surface area (Å²) in [5.41, 5.74) is 0.168. The van der Waals surface area contributed by atoms with Gasteiger partial charge in [0.2, 0.25) is 5.95 Å². The molecule has 0 saturated carbocycles. The molecule has 2 fully saturated rings. The van der Waals surface area contributed by atoms with Gasteiger partial charge in [0, 0.05) is 33.8 Å². The summed E-state index contributed by atoms with van der Waals surface area (Å²) in [6.07, 6.45) is 1.80. The summed E-state index contributed by atoms with van der Waals surface area (Å²) in [7, 11) is 3.40. The van der Waals surface area contributed by atoms with Crippen LogP contribution in [0.4, 0.5) is 11.1 Å². The molecule has 168 valence electrons. The first-order valence-electron chi connectivity index (χ1n) is 10.7. The molecule has 4 heterocycles. The van der Waals surface area contributed by atoms with Crippen LogP contribution in [0, 0.1) is 0 Å². The van der Waals surface area contributed by atoms with Crippen molar-refractivity contribution >= 4 is 38.5 Å². The fraction of sp³-hybridized carbons (Fsp3) is 0.455. The number of anilines is 2. The third kappa shape index (κ3) is 3.73. The smallest absolute Gasteiger partial charge is 0.282 e. The molecule has 1 unspecified atom stereocenters. The Hall–Kier alpha value is -2.98. The van der Waals surface area contributed by atoms with E-state index in [4.69, 9.17) is 14.5 Å². The Labute approximate surface area is 189 Å². The van der Waals surface area contributed by atoms with E-state index >= 15 is 0 Å². The van der Waals surface area contributed by atoms with Gasteiger partial charge in [-0.25, -0.2) is 9.97 Å². The van der Waals surface area contributed by atoms with Crippen LogP contribution >= 0.6 is 11.3 Å². The number of hydrogen-bond donors (Lipinski definition) is 0. The van der Waals surface area contributed by atoms with Crippen LogP contribution in [0.2, 0.25) is 0 Å². The Bertz CT molecular complexity index is 1190. The topological polar surface area (TPSA) is 89.8 Å². The Balaban J connectivity index is 1.37. The first-order chi connectivity index (χ1) is 15.5. The van der Waals surface area contributed by atoms with E-state index in [9.17, 15) is 9.59 Å². The minimum Gasteiger partial charge on any atom is -0.486 e. The molecule has 0 N–H and O–H groups in total. The van der Waals surface area contributed by atoms with Crippen LogP contribution in [0.3, 0.4) is 0 Å². The van der Waals surface area contributed by atoms with Crippen LogP contribution < -0.4 is 20.1 Å². The van der Waals surface area contributed by atoms with Gasteiger partial charge in [-0.2, -0.15) is 0 Å². The number of thiazole rings is 1. The number of hydrogen-bond acceptors (Lipinski definition) is 9. The molecule has 0 bridgehead atoms. The highest BCUT2D eigenvalue weighted by atomic mass is 32.1. The van der Waals surface area contributed by atoms with Crippen LogP contribution in [0.5, 0.6) is 5.75 Å². The van der Waals surface area contributed by atoms with Crippen molar-refractivity contribution in [3.8, 4) is 5.75 Å². The van der Waals surface area contributed by atoms with Crippen LogP contribution in [-0.2, 0) is 16.6 Å². The molecule has 0 amide bonds. The fourth-order valence-corrected chi connectivity index (χ4v) is 5.19. The molecule has 1 atom stereocenters. The summed E-state index contributed by atoms with van der Waals surface area (Å²) < 4.78 is 12.5. The van der Waals surface area contributed by atoms with E-state index in [1.54, 1.807) is 14.2 Å². The van der Waals surface area contributed by atoms with E-state index in [-0.39, 0.29) is 30.1 Å². The molecule has 5 rings (SSSR count). The SMILES string of the molecule is COC1CN(c2nc3sc(N4CCCC4C(=O)COc4ccccc4)nc3c(=O)n2C)C1. The van der Waals surface area contributed by atoms with Crippen molar-refractivity contribution in [3.05, 3.63) is 40.7 Å². The third-order valence-corrected chi connectivity index (χ3v) is 7.05. The number of Topliss-reactive ketones (excluding diaryl/α,β-unsaturated/α-hetero) is 1. The number of carbonyl (C=O) groups excluding carboxylic acids is 1. The van der Waals surface area contributed by atoms with Gasteiger partial charge >= 0.3 is 0 Å². The maximum Gasteiger partial charge on any atom is 0.282 e. The summed E-state index contributed by atoms with van der Waals surface area (Å²) in [6.45, 7) is 2.14. The molecule has 0 spiro atoms. The predicted molar refractivity (Wildman–Crippen MR) is 123 cm³/mol. The van der Waals surface area contributed by atoms with E-state index in [1.807, 2.05) is 40.1 Å². The van der Waals surface area contributed by atoms with Gasteiger partial charge in [0.25, 0.3) is 5.56 Å². The summed E-state index contributed by atoms with van der Waals surface area (Å²) in [5.74, 6) is 1.31. The highest BCUT2D eigenvalue weighted by Gasteiger charge is 2.34. The van der Waals surface area contributed by atoms with Crippen molar-refractivity contribution in [2.45, 2.75) is 25.0 Å². The Morgan fingerprint density at radius 2 is 2.00 bits per heavy atom. The first-order valence-corrected chi connectivity index (χ1v) is 11.5. The molecule has 32 heavy (non-hydrogen) atoms. The maximum atomic E-state index is 13.0. The van der Waals surface area contributed by atoms with E-state index in [2.05, 4.69) is 4.98 Å². The lowest BCUT2D eigenvalue weighted by Crippen LogP contribution is -2.53. The molecule has 0 radical (unpaired) electrons. The van der Waals surface area contributed by atoms with E-state index in [1.165, 1.54) is 15.9 Å². The average Bonchev–Trinajstić information content (AvgIpc) is 3.42. The summed E-state index contributed by atoms with van der Waals surface area (Å²) in [4.78, 5) is 39.8. The van der Waals surface area contributed by atoms with E-state index in [0.29, 0.717) is 40.3 Å². The molecule has 2 aromatic heterocycles. The normalized spacial score (nSPS) is 18.9.